The molecule has 0 saturated heterocycles. The number of nitrogens with one attached hydrogen (secondary N) is 1. The molecule has 0 aliphatic rings. The average molecular weight is 260 g/mol. The summed E-state index contributed by atoms with van der Waals surface area (Å²) in [5.74, 6) is -0.0194. The first-order valence-electron chi connectivity index (χ1n) is 5.93. The van der Waals surface area contributed by atoms with Gasteiger partial charge < -0.3 is 5.32 Å². The minimum atomic E-state index is -0.0194. The molecule has 0 atom stereocenters. The number of aryl methyl sites for hydroxylation is 2. The van der Waals surface area contributed by atoms with E-state index in [0.717, 1.165) is 22.0 Å². The number of benzene rings is 1. The number of carbonyl (C=O) groups is 1. The first-order chi connectivity index (χ1) is 8.66. The zero-order valence-corrected chi connectivity index (χ0v) is 11.4. The van der Waals surface area contributed by atoms with Crippen molar-refractivity contribution >= 4 is 17.2 Å². The molecule has 1 aromatic carbocycles. The lowest BCUT2D eigenvalue weighted by atomic mass is 10.1. The van der Waals surface area contributed by atoms with Gasteiger partial charge in [0.15, 0.2) is 0 Å². The second-order valence-corrected chi connectivity index (χ2v) is 5.34. The van der Waals surface area contributed by atoms with E-state index < -0.39 is 0 Å². The molecule has 0 saturated carbocycles. The molecule has 1 N–H and O–H groups in total. The normalized spacial score (nSPS) is 10.3. The summed E-state index contributed by atoms with van der Waals surface area (Å²) in [4.78, 5) is 16.9. The Kier molecular flexibility index (Phi) is 4.10. The summed E-state index contributed by atoms with van der Waals surface area (Å²) in [6.07, 6.45) is 0.851. The third-order valence-electron chi connectivity index (χ3n) is 2.65. The lowest BCUT2D eigenvalue weighted by Gasteiger charge is -2.04. The average Bonchev–Trinajstić information content (AvgIpc) is 2.70. The van der Waals surface area contributed by atoms with Crippen LogP contribution in [-0.4, -0.2) is 17.4 Å². The smallest absolute Gasteiger partial charge is 0.263 e. The van der Waals surface area contributed by atoms with Gasteiger partial charge in [0.25, 0.3) is 5.91 Å². The fourth-order valence-corrected chi connectivity index (χ4v) is 2.62. The molecular formula is C14H16N2OS. The van der Waals surface area contributed by atoms with Crippen LogP contribution in [0, 0.1) is 13.8 Å². The predicted molar refractivity (Wildman–Crippen MR) is 74.1 cm³/mol. The van der Waals surface area contributed by atoms with Crippen LogP contribution in [0.3, 0.4) is 0 Å². The molecule has 0 aliphatic heterocycles. The maximum Gasteiger partial charge on any atom is 0.263 e. The molecular weight excluding hydrogens is 244 g/mol. The van der Waals surface area contributed by atoms with Gasteiger partial charge in [-0.2, -0.15) is 0 Å². The van der Waals surface area contributed by atoms with Gasteiger partial charge in [-0.3, -0.25) is 4.79 Å². The second kappa shape index (κ2) is 5.78. The summed E-state index contributed by atoms with van der Waals surface area (Å²) < 4.78 is 0. The molecule has 0 fully saturated rings. The highest BCUT2D eigenvalue weighted by molar-refractivity contribution is 7.13. The summed E-state index contributed by atoms with van der Waals surface area (Å²) in [6.45, 7) is 4.44. The van der Waals surface area contributed by atoms with Crippen molar-refractivity contribution in [2.24, 2.45) is 0 Å². The lowest BCUT2D eigenvalue weighted by molar-refractivity contribution is 0.0957. The molecule has 1 aromatic heterocycles. The first kappa shape index (κ1) is 12.8. The number of aromatic nitrogens is 1. The van der Waals surface area contributed by atoms with Gasteiger partial charge in [-0.25, -0.2) is 4.98 Å². The molecule has 18 heavy (non-hydrogen) atoms. The van der Waals surface area contributed by atoms with Crippen LogP contribution in [0.15, 0.2) is 30.3 Å². The number of hydrogen-bond donors (Lipinski definition) is 1. The van der Waals surface area contributed by atoms with Crippen LogP contribution in [0.2, 0.25) is 0 Å². The van der Waals surface area contributed by atoms with Crippen molar-refractivity contribution in [3.63, 3.8) is 0 Å². The fraction of sp³-hybridized carbons (Fsp3) is 0.286. The molecule has 0 radical (unpaired) electrons. The Morgan fingerprint density at radius 2 is 2.00 bits per heavy atom. The van der Waals surface area contributed by atoms with E-state index >= 15 is 0 Å². The summed E-state index contributed by atoms with van der Waals surface area (Å²) >= 11 is 1.45. The van der Waals surface area contributed by atoms with E-state index in [1.54, 1.807) is 0 Å². The summed E-state index contributed by atoms with van der Waals surface area (Å²) in [5, 5.41) is 3.86. The minimum Gasteiger partial charge on any atom is -0.351 e. The first-order valence-corrected chi connectivity index (χ1v) is 6.74. The Morgan fingerprint density at radius 3 is 2.61 bits per heavy atom. The van der Waals surface area contributed by atoms with Crippen molar-refractivity contribution in [3.8, 4) is 0 Å². The molecule has 0 unspecified atom stereocenters. The summed E-state index contributed by atoms with van der Waals surface area (Å²) in [6, 6.07) is 10.1. The Morgan fingerprint density at radius 1 is 1.28 bits per heavy atom. The Balaban J connectivity index is 1.87. The van der Waals surface area contributed by atoms with Crippen molar-refractivity contribution in [2.75, 3.05) is 6.54 Å². The molecule has 0 aliphatic carbocycles. The number of amides is 1. The van der Waals surface area contributed by atoms with E-state index in [9.17, 15) is 4.79 Å². The van der Waals surface area contributed by atoms with Gasteiger partial charge in [0, 0.05) is 6.54 Å². The van der Waals surface area contributed by atoms with E-state index in [2.05, 4.69) is 22.4 Å². The Labute approximate surface area is 111 Å². The fourth-order valence-electron chi connectivity index (χ4n) is 1.79. The number of nitrogens with zero attached hydrogens (tertiary/aromatic N) is 1. The van der Waals surface area contributed by atoms with Gasteiger partial charge in [0.2, 0.25) is 0 Å². The van der Waals surface area contributed by atoms with Crippen molar-refractivity contribution < 1.29 is 4.79 Å². The van der Waals surface area contributed by atoms with Gasteiger partial charge in [-0.1, -0.05) is 30.3 Å². The highest BCUT2D eigenvalue weighted by Crippen LogP contribution is 2.16. The Hall–Kier alpha value is -1.68. The van der Waals surface area contributed by atoms with Gasteiger partial charge in [0.05, 0.1) is 10.7 Å². The van der Waals surface area contributed by atoms with Gasteiger partial charge >= 0.3 is 0 Å². The Bertz CT molecular complexity index is 534. The molecule has 1 heterocycles. The molecule has 1 amide bonds. The van der Waals surface area contributed by atoms with Crippen LogP contribution in [0.4, 0.5) is 0 Å². The molecule has 0 bridgehead atoms. The third kappa shape index (κ3) is 3.17. The van der Waals surface area contributed by atoms with Crippen LogP contribution in [-0.2, 0) is 6.42 Å². The third-order valence-corrected chi connectivity index (χ3v) is 3.72. The van der Waals surface area contributed by atoms with Gasteiger partial charge in [-0.05, 0) is 25.8 Å². The highest BCUT2D eigenvalue weighted by atomic mass is 32.1. The number of carbonyl (C=O) groups excluding carboxylic acids is 1. The van der Waals surface area contributed by atoms with Crippen LogP contribution < -0.4 is 5.32 Å². The molecule has 4 heteroatoms. The summed E-state index contributed by atoms with van der Waals surface area (Å²) in [5.41, 5.74) is 2.05. The number of thiazole rings is 1. The quantitative estimate of drug-likeness (QED) is 0.918. The monoisotopic (exact) mass is 260 g/mol. The van der Waals surface area contributed by atoms with Gasteiger partial charge in [0.1, 0.15) is 4.88 Å². The zero-order chi connectivity index (χ0) is 13.0. The molecule has 3 nitrogen and oxygen atoms in total. The van der Waals surface area contributed by atoms with Crippen LogP contribution in [0.1, 0.15) is 25.9 Å². The van der Waals surface area contributed by atoms with E-state index in [0.29, 0.717) is 6.54 Å². The maximum absolute atomic E-state index is 11.9. The van der Waals surface area contributed by atoms with Crippen LogP contribution in [0.25, 0.3) is 0 Å². The van der Waals surface area contributed by atoms with E-state index in [1.165, 1.54) is 16.9 Å². The van der Waals surface area contributed by atoms with E-state index in [4.69, 9.17) is 0 Å². The SMILES string of the molecule is Cc1nc(C)c(C(=O)NCCc2ccccc2)s1. The molecule has 2 aromatic rings. The predicted octanol–water partition coefficient (Wildman–Crippen LogP) is 2.73. The van der Waals surface area contributed by atoms with Gasteiger partial charge in [-0.15, -0.1) is 11.3 Å². The minimum absolute atomic E-state index is 0.0194. The maximum atomic E-state index is 11.9. The van der Waals surface area contributed by atoms with Crippen LogP contribution >= 0.6 is 11.3 Å². The van der Waals surface area contributed by atoms with Crippen molar-refractivity contribution in [2.45, 2.75) is 20.3 Å². The number of hydrogen-bond acceptors (Lipinski definition) is 3. The van der Waals surface area contributed by atoms with E-state index in [-0.39, 0.29) is 5.91 Å². The second-order valence-electron chi connectivity index (χ2n) is 4.14. The molecule has 94 valence electrons. The highest BCUT2D eigenvalue weighted by Gasteiger charge is 2.12. The standard InChI is InChI=1S/C14H16N2OS/c1-10-13(18-11(2)16-10)14(17)15-9-8-12-6-4-3-5-7-12/h3-7H,8-9H2,1-2H3,(H,15,17). The largest absolute Gasteiger partial charge is 0.351 e. The van der Waals surface area contributed by atoms with Crippen molar-refractivity contribution in [1.29, 1.82) is 0 Å². The lowest BCUT2D eigenvalue weighted by Crippen LogP contribution is -2.25. The van der Waals surface area contributed by atoms with Crippen molar-refractivity contribution in [3.05, 3.63) is 51.5 Å². The molecule has 0 spiro atoms. The zero-order valence-electron chi connectivity index (χ0n) is 10.6. The van der Waals surface area contributed by atoms with Crippen LogP contribution in [0.5, 0.6) is 0 Å². The van der Waals surface area contributed by atoms with Crippen molar-refractivity contribution in [1.82, 2.24) is 10.3 Å². The number of rotatable bonds is 4. The topological polar surface area (TPSA) is 42.0 Å². The molecule has 2 rings (SSSR count). The summed E-state index contributed by atoms with van der Waals surface area (Å²) in [7, 11) is 0. The van der Waals surface area contributed by atoms with E-state index in [1.807, 2.05) is 32.0 Å².